The lowest BCUT2D eigenvalue weighted by atomic mass is 10.1. The second-order valence-electron chi connectivity index (χ2n) is 8.97. The summed E-state index contributed by atoms with van der Waals surface area (Å²) in [5.41, 5.74) is -1.27. The van der Waals surface area contributed by atoms with Crippen molar-refractivity contribution in [2.45, 2.75) is 90.9 Å². The number of carboxylic acids is 1. The molecular formula is C20H37N3O7. The minimum atomic E-state index is -1.02. The van der Waals surface area contributed by atoms with Crippen molar-refractivity contribution in [1.82, 2.24) is 16.0 Å². The van der Waals surface area contributed by atoms with Crippen LogP contribution in [-0.4, -0.2) is 59.5 Å². The Morgan fingerprint density at radius 1 is 0.833 bits per heavy atom. The van der Waals surface area contributed by atoms with Gasteiger partial charge in [0.1, 0.15) is 11.2 Å². The molecule has 0 heterocycles. The van der Waals surface area contributed by atoms with E-state index >= 15 is 0 Å². The van der Waals surface area contributed by atoms with Crippen LogP contribution in [0.25, 0.3) is 0 Å². The first-order valence-corrected chi connectivity index (χ1v) is 10.1. The van der Waals surface area contributed by atoms with Crippen LogP contribution in [-0.2, 0) is 19.1 Å². The van der Waals surface area contributed by atoms with Crippen molar-refractivity contribution in [2.24, 2.45) is 0 Å². The fraction of sp³-hybridized carbons (Fsp3) is 0.800. The summed E-state index contributed by atoms with van der Waals surface area (Å²) in [6.07, 6.45) is 0.416. The highest BCUT2D eigenvalue weighted by molar-refractivity contribution is 5.80. The average molecular weight is 432 g/mol. The summed E-state index contributed by atoms with van der Waals surface area (Å²) in [7, 11) is 0. The van der Waals surface area contributed by atoms with Crippen molar-refractivity contribution >= 4 is 24.1 Å². The molecule has 0 unspecified atom stereocenters. The van der Waals surface area contributed by atoms with Gasteiger partial charge in [0.15, 0.2) is 0 Å². The lowest BCUT2D eigenvalue weighted by Crippen LogP contribution is -2.46. The van der Waals surface area contributed by atoms with Crippen molar-refractivity contribution < 1.29 is 33.8 Å². The number of alkyl carbamates (subject to hydrolysis) is 2. The first-order valence-electron chi connectivity index (χ1n) is 10.1. The molecule has 10 heteroatoms. The van der Waals surface area contributed by atoms with E-state index in [4.69, 9.17) is 14.6 Å². The van der Waals surface area contributed by atoms with Gasteiger partial charge in [0, 0.05) is 25.6 Å². The first kappa shape index (κ1) is 27.5. The molecule has 0 saturated heterocycles. The van der Waals surface area contributed by atoms with E-state index in [2.05, 4.69) is 16.0 Å². The molecule has 174 valence electrons. The van der Waals surface area contributed by atoms with E-state index in [1.807, 2.05) is 0 Å². The van der Waals surface area contributed by atoms with Gasteiger partial charge in [0.05, 0.1) is 6.42 Å². The molecule has 0 aliphatic carbocycles. The third kappa shape index (κ3) is 17.6. The zero-order valence-corrected chi connectivity index (χ0v) is 18.9. The maximum Gasteiger partial charge on any atom is 0.407 e. The second-order valence-corrected chi connectivity index (χ2v) is 8.97. The van der Waals surface area contributed by atoms with Crippen LogP contribution in [0.1, 0.15) is 73.6 Å². The molecule has 0 aromatic heterocycles. The number of amides is 3. The van der Waals surface area contributed by atoms with E-state index in [1.165, 1.54) is 0 Å². The summed E-state index contributed by atoms with van der Waals surface area (Å²) in [6.45, 7) is 11.1. The maximum absolute atomic E-state index is 12.1. The largest absolute Gasteiger partial charge is 0.481 e. The van der Waals surface area contributed by atoms with Crippen molar-refractivity contribution in [1.29, 1.82) is 0 Å². The van der Waals surface area contributed by atoms with Crippen LogP contribution < -0.4 is 16.0 Å². The highest BCUT2D eigenvalue weighted by atomic mass is 16.6. The predicted molar refractivity (Wildman–Crippen MR) is 111 cm³/mol. The number of ether oxygens (including phenoxy) is 2. The summed E-state index contributed by atoms with van der Waals surface area (Å²) < 4.78 is 10.5. The van der Waals surface area contributed by atoms with E-state index in [9.17, 15) is 19.2 Å². The van der Waals surface area contributed by atoms with Gasteiger partial charge in [-0.15, -0.1) is 0 Å². The third-order valence-electron chi connectivity index (χ3n) is 3.48. The molecule has 0 aliphatic rings. The fourth-order valence-corrected chi connectivity index (χ4v) is 2.27. The first-order chi connectivity index (χ1) is 13.7. The van der Waals surface area contributed by atoms with E-state index in [1.54, 1.807) is 41.5 Å². The Morgan fingerprint density at radius 2 is 1.40 bits per heavy atom. The monoisotopic (exact) mass is 431 g/mol. The Kier molecular flexibility index (Phi) is 11.8. The number of aliphatic carboxylic acids is 1. The molecule has 4 N–H and O–H groups in total. The summed E-state index contributed by atoms with van der Waals surface area (Å²) in [5.74, 6) is -1.33. The molecule has 0 aromatic carbocycles. The van der Waals surface area contributed by atoms with Gasteiger partial charge < -0.3 is 30.5 Å². The molecule has 0 spiro atoms. The highest BCUT2D eigenvalue weighted by Gasteiger charge is 2.21. The van der Waals surface area contributed by atoms with Gasteiger partial charge in [-0.3, -0.25) is 9.59 Å². The Hall–Kier alpha value is -2.52. The fourth-order valence-electron chi connectivity index (χ4n) is 2.27. The van der Waals surface area contributed by atoms with Crippen LogP contribution in [0, 0.1) is 0 Å². The number of carboxylic acid groups (broad SMARTS) is 1. The molecule has 0 bridgehead atoms. The van der Waals surface area contributed by atoms with Gasteiger partial charge in [0.2, 0.25) is 5.91 Å². The topological polar surface area (TPSA) is 143 Å². The number of nitrogens with one attached hydrogen (secondary N) is 3. The molecule has 0 radical (unpaired) electrons. The second kappa shape index (κ2) is 12.9. The van der Waals surface area contributed by atoms with Gasteiger partial charge in [0.25, 0.3) is 0 Å². The molecule has 30 heavy (non-hydrogen) atoms. The van der Waals surface area contributed by atoms with E-state index < -0.39 is 29.4 Å². The standard InChI is InChI=1S/C20H37N3O7/c1-19(2,3)29-17(27)22-13-14(23-18(28)30-20(4,5)6)9-7-8-12-21-15(24)10-11-16(25)26/h14H,7-13H2,1-6H3,(H,21,24)(H,22,27)(H,23,28)(H,25,26)/t14-/m1/s1. The molecular weight excluding hydrogens is 394 g/mol. The number of carbonyl (C=O) groups excluding carboxylic acids is 3. The van der Waals surface area contributed by atoms with Crippen LogP contribution in [0.4, 0.5) is 9.59 Å². The summed E-state index contributed by atoms with van der Waals surface area (Å²) >= 11 is 0. The normalized spacial score (nSPS) is 12.5. The molecule has 0 fully saturated rings. The zero-order valence-electron chi connectivity index (χ0n) is 18.9. The minimum absolute atomic E-state index is 0.0576. The highest BCUT2D eigenvalue weighted by Crippen LogP contribution is 2.09. The van der Waals surface area contributed by atoms with Crippen molar-refractivity contribution in [2.75, 3.05) is 13.1 Å². The van der Waals surface area contributed by atoms with Crippen LogP contribution in [0.15, 0.2) is 0 Å². The summed E-state index contributed by atoms with van der Waals surface area (Å²) in [4.78, 5) is 45.9. The Bertz CT molecular complexity index is 580. The number of hydrogen-bond donors (Lipinski definition) is 4. The van der Waals surface area contributed by atoms with Gasteiger partial charge in [-0.2, -0.15) is 0 Å². The minimum Gasteiger partial charge on any atom is -0.481 e. The molecule has 0 aliphatic heterocycles. The van der Waals surface area contributed by atoms with Crippen LogP contribution in [0.5, 0.6) is 0 Å². The quantitative estimate of drug-likeness (QED) is 0.368. The third-order valence-corrected chi connectivity index (χ3v) is 3.48. The van der Waals surface area contributed by atoms with Gasteiger partial charge in [-0.25, -0.2) is 9.59 Å². The number of hydrogen-bond acceptors (Lipinski definition) is 6. The SMILES string of the molecule is CC(C)(C)OC(=O)NC[C@@H](CCCCNC(=O)CCC(=O)O)NC(=O)OC(C)(C)C. The van der Waals surface area contributed by atoms with Crippen molar-refractivity contribution in [3.05, 3.63) is 0 Å². The van der Waals surface area contributed by atoms with E-state index in [-0.39, 0.29) is 31.3 Å². The zero-order chi connectivity index (χ0) is 23.4. The smallest absolute Gasteiger partial charge is 0.407 e. The summed E-state index contributed by atoms with van der Waals surface area (Å²) in [5, 5.41) is 16.6. The lowest BCUT2D eigenvalue weighted by Gasteiger charge is -2.25. The Balaban J connectivity index is 4.47. The number of carbonyl (C=O) groups is 4. The average Bonchev–Trinajstić information content (AvgIpc) is 2.54. The van der Waals surface area contributed by atoms with Crippen LogP contribution in [0.3, 0.4) is 0 Å². The van der Waals surface area contributed by atoms with Gasteiger partial charge in [-0.05, 0) is 60.8 Å². The molecule has 0 saturated carbocycles. The molecule has 1 atom stereocenters. The predicted octanol–water partition coefficient (Wildman–Crippen LogP) is 2.56. The lowest BCUT2D eigenvalue weighted by molar-refractivity contribution is -0.138. The maximum atomic E-state index is 12.1. The van der Waals surface area contributed by atoms with E-state index in [0.717, 1.165) is 0 Å². The van der Waals surface area contributed by atoms with Crippen LogP contribution in [0.2, 0.25) is 0 Å². The van der Waals surface area contributed by atoms with Gasteiger partial charge >= 0.3 is 18.2 Å². The molecule has 10 nitrogen and oxygen atoms in total. The van der Waals surface area contributed by atoms with Crippen LogP contribution >= 0.6 is 0 Å². The Labute approximate surface area is 178 Å². The number of unbranched alkanes of at least 4 members (excludes halogenated alkanes) is 1. The molecule has 0 aromatic rings. The van der Waals surface area contributed by atoms with Crippen molar-refractivity contribution in [3.63, 3.8) is 0 Å². The summed E-state index contributed by atoms with van der Waals surface area (Å²) in [6, 6.07) is -0.380. The Morgan fingerprint density at radius 3 is 1.93 bits per heavy atom. The van der Waals surface area contributed by atoms with Crippen molar-refractivity contribution in [3.8, 4) is 0 Å². The molecule has 3 amide bonds. The molecule has 0 rings (SSSR count). The number of rotatable bonds is 11. The van der Waals surface area contributed by atoms with Gasteiger partial charge in [-0.1, -0.05) is 0 Å². The van der Waals surface area contributed by atoms with E-state index in [0.29, 0.717) is 25.8 Å².